The molecule has 0 unspecified atom stereocenters. The van der Waals surface area contributed by atoms with Crippen LogP contribution in [0, 0.1) is 0 Å². The SMILES string of the molecule is CC(C)NS(=O)(=O)c1ccc(NC(=O)C2(N)CCC2)cc1.Cl. The molecule has 1 saturated carbocycles. The molecule has 0 bridgehead atoms. The standard InChI is InChI=1S/C14H21N3O3S.ClH/c1-10(2)17-21(19,20)12-6-4-11(5-7-12)16-13(18)14(15)8-3-9-14;/h4-7,10,17H,3,8-9,15H2,1-2H3,(H,16,18);1H. The van der Waals surface area contributed by atoms with Crippen molar-refractivity contribution in [2.45, 2.75) is 49.6 Å². The summed E-state index contributed by atoms with van der Waals surface area (Å²) < 4.78 is 26.4. The first-order valence-electron chi connectivity index (χ1n) is 6.96. The van der Waals surface area contributed by atoms with Crippen molar-refractivity contribution in [3.63, 3.8) is 0 Å². The zero-order chi connectivity index (χ0) is 15.7. The van der Waals surface area contributed by atoms with E-state index >= 15 is 0 Å². The minimum atomic E-state index is -3.51. The Kier molecular flexibility index (Phi) is 5.97. The van der Waals surface area contributed by atoms with Crippen molar-refractivity contribution >= 4 is 34.0 Å². The Morgan fingerprint density at radius 3 is 2.18 bits per heavy atom. The van der Waals surface area contributed by atoms with Crippen LogP contribution in [-0.4, -0.2) is 25.9 Å². The fraction of sp³-hybridized carbons (Fsp3) is 0.500. The monoisotopic (exact) mass is 347 g/mol. The zero-order valence-corrected chi connectivity index (χ0v) is 14.3. The molecule has 0 heterocycles. The lowest BCUT2D eigenvalue weighted by atomic mass is 9.77. The van der Waals surface area contributed by atoms with E-state index < -0.39 is 15.6 Å². The molecule has 0 aliphatic heterocycles. The lowest BCUT2D eigenvalue weighted by Gasteiger charge is -2.36. The minimum Gasteiger partial charge on any atom is -0.324 e. The fourth-order valence-corrected chi connectivity index (χ4v) is 3.39. The summed E-state index contributed by atoms with van der Waals surface area (Å²) in [5.41, 5.74) is 5.70. The minimum absolute atomic E-state index is 0. The fourth-order valence-electron chi connectivity index (χ4n) is 2.14. The quantitative estimate of drug-likeness (QED) is 0.753. The summed E-state index contributed by atoms with van der Waals surface area (Å²) in [6.45, 7) is 3.51. The number of hydrogen-bond acceptors (Lipinski definition) is 4. The average molecular weight is 348 g/mol. The van der Waals surface area contributed by atoms with E-state index in [1.807, 2.05) is 0 Å². The maximum Gasteiger partial charge on any atom is 0.244 e. The molecule has 1 aromatic rings. The number of rotatable bonds is 5. The molecule has 1 aliphatic carbocycles. The van der Waals surface area contributed by atoms with E-state index in [0.717, 1.165) is 6.42 Å². The Morgan fingerprint density at radius 1 is 1.23 bits per heavy atom. The number of halogens is 1. The molecule has 2 rings (SSSR count). The van der Waals surface area contributed by atoms with Gasteiger partial charge in [0.2, 0.25) is 15.9 Å². The van der Waals surface area contributed by atoms with Gasteiger partial charge in [-0.05, 0) is 57.4 Å². The number of carbonyl (C=O) groups is 1. The molecule has 0 radical (unpaired) electrons. The zero-order valence-electron chi connectivity index (χ0n) is 12.6. The van der Waals surface area contributed by atoms with Crippen molar-refractivity contribution in [1.82, 2.24) is 4.72 Å². The van der Waals surface area contributed by atoms with Crippen molar-refractivity contribution < 1.29 is 13.2 Å². The van der Waals surface area contributed by atoms with Crippen molar-refractivity contribution in [1.29, 1.82) is 0 Å². The van der Waals surface area contributed by atoms with Crippen LogP contribution >= 0.6 is 12.4 Å². The highest BCUT2D eigenvalue weighted by Crippen LogP contribution is 2.30. The molecule has 1 amide bonds. The summed E-state index contributed by atoms with van der Waals surface area (Å²) >= 11 is 0. The predicted molar refractivity (Wildman–Crippen MR) is 88.5 cm³/mol. The highest BCUT2D eigenvalue weighted by Gasteiger charge is 2.40. The van der Waals surface area contributed by atoms with E-state index in [1.54, 1.807) is 26.0 Å². The number of nitrogens with one attached hydrogen (secondary N) is 2. The van der Waals surface area contributed by atoms with Gasteiger partial charge >= 0.3 is 0 Å². The van der Waals surface area contributed by atoms with Gasteiger partial charge in [0, 0.05) is 11.7 Å². The molecule has 22 heavy (non-hydrogen) atoms. The summed E-state index contributed by atoms with van der Waals surface area (Å²) in [7, 11) is -3.51. The Labute approximate surface area is 137 Å². The Bertz CT molecular complexity index is 625. The maximum absolute atomic E-state index is 12.0. The van der Waals surface area contributed by atoms with Crippen LogP contribution in [0.1, 0.15) is 33.1 Å². The van der Waals surface area contributed by atoms with E-state index in [1.165, 1.54) is 12.1 Å². The highest BCUT2D eigenvalue weighted by atomic mass is 35.5. The topological polar surface area (TPSA) is 101 Å². The van der Waals surface area contributed by atoms with E-state index in [4.69, 9.17) is 5.73 Å². The molecule has 1 fully saturated rings. The number of hydrogen-bond donors (Lipinski definition) is 3. The summed E-state index contributed by atoms with van der Waals surface area (Å²) in [4.78, 5) is 12.1. The summed E-state index contributed by atoms with van der Waals surface area (Å²) in [5.74, 6) is -0.218. The molecule has 6 nitrogen and oxygen atoms in total. The van der Waals surface area contributed by atoms with E-state index in [-0.39, 0.29) is 29.3 Å². The smallest absolute Gasteiger partial charge is 0.244 e. The Balaban J connectivity index is 0.00000242. The second kappa shape index (κ2) is 6.95. The van der Waals surface area contributed by atoms with E-state index in [2.05, 4.69) is 10.0 Å². The molecular weight excluding hydrogens is 326 g/mol. The Hall–Kier alpha value is -1.15. The second-order valence-corrected chi connectivity index (χ2v) is 7.48. The van der Waals surface area contributed by atoms with Crippen LogP contribution in [0.5, 0.6) is 0 Å². The molecule has 0 aromatic heterocycles. The summed E-state index contributed by atoms with van der Waals surface area (Å²) in [6.07, 6.45) is 2.33. The van der Waals surface area contributed by atoms with Gasteiger partial charge < -0.3 is 11.1 Å². The van der Waals surface area contributed by atoms with Gasteiger partial charge in [0.1, 0.15) is 0 Å². The summed E-state index contributed by atoms with van der Waals surface area (Å²) in [6, 6.07) is 5.88. The number of anilines is 1. The van der Waals surface area contributed by atoms with Crippen molar-refractivity contribution in [3.05, 3.63) is 24.3 Å². The van der Waals surface area contributed by atoms with Crippen molar-refractivity contribution in [2.75, 3.05) is 5.32 Å². The van der Waals surface area contributed by atoms with Gasteiger partial charge in [-0.25, -0.2) is 13.1 Å². The van der Waals surface area contributed by atoms with Crippen LogP contribution in [0.2, 0.25) is 0 Å². The van der Waals surface area contributed by atoms with E-state index in [0.29, 0.717) is 18.5 Å². The predicted octanol–water partition coefficient (Wildman–Crippen LogP) is 1.61. The molecule has 0 atom stereocenters. The molecule has 124 valence electrons. The third-order valence-corrected chi connectivity index (χ3v) is 5.19. The normalized spacial score (nSPS) is 16.5. The summed E-state index contributed by atoms with van der Waals surface area (Å²) in [5, 5.41) is 2.72. The molecule has 4 N–H and O–H groups in total. The van der Waals surface area contributed by atoms with Crippen LogP contribution in [0.25, 0.3) is 0 Å². The van der Waals surface area contributed by atoms with Gasteiger partial charge in [-0.3, -0.25) is 4.79 Å². The van der Waals surface area contributed by atoms with Crippen molar-refractivity contribution in [3.8, 4) is 0 Å². The molecule has 0 saturated heterocycles. The lowest BCUT2D eigenvalue weighted by Crippen LogP contribution is -2.56. The van der Waals surface area contributed by atoms with Crippen LogP contribution in [0.15, 0.2) is 29.2 Å². The molecule has 0 spiro atoms. The largest absolute Gasteiger partial charge is 0.324 e. The first-order chi connectivity index (χ1) is 9.73. The van der Waals surface area contributed by atoms with Crippen LogP contribution in [-0.2, 0) is 14.8 Å². The first-order valence-corrected chi connectivity index (χ1v) is 8.44. The third kappa shape index (κ3) is 4.19. The van der Waals surface area contributed by atoms with E-state index in [9.17, 15) is 13.2 Å². The number of amides is 1. The van der Waals surface area contributed by atoms with Crippen LogP contribution < -0.4 is 15.8 Å². The van der Waals surface area contributed by atoms with Gasteiger partial charge in [-0.15, -0.1) is 12.4 Å². The third-order valence-electron chi connectivity index (χ3n) is 3.51. The highest BCUT2D eigenvalue weighted by molar-refractivity contribution is 7.89. The van der Waals surface area contributed by atoms with Crippen LogP contribution in [0.3, 0.4) is 0 Å². The molecular formula is C14H22ClN3O3S. The number of benzene rings is 1. The Morgan fingerprint density at radius 2 is 1.77 bits per heavy atom. The van der Waals surface area contributed by atoms with Crippen LogP contribution in [0.4, 0.5) is 5.69 Å². The first kappa shape index (κ1) is 18.9. The van der Waals surface area contributed by atoms with Gasteiger partial charge in [-0.1, -0.05) is 0 Å². The average Bonchev–Trinajstić information content (AvgIpc) is 2.35. The van der Waals surface area contributed by atoms with Crippen molar-refractivity contribution in [2.24, 2.45) is 5.73 Å². The second-order valence-electron chi connectivity index (χ2n) is 5.76. The molecule has 8 heteroatoms. The lowest BCUT2D eigenvalue weighted by molar-refractivity contribution is -0.123. The van der Waals surface area contributed by atoms with Gasteiger partial charge in [-0.2, -0.15) is 0 Å². The van der Waals surface area contributed by atoms with Gasteiger partial charge in [0.15, 0.2) is 0 Å². The molecule has 1 aliphatic rings. The maximum atomic E-state index is 12.0. The number of sulfonamides is 1. The van der Waals surface area contributed by atoms with Gasteiger partial charge in [0.05, 0.1) is 10.4 Å². The number of nitrogens with two attached hydrogens (primary N) is 1. The number of carbonyl (C=O) groups excluding carboxylic acids is 1. The molecule has 1 aromatic carbocycles. The van der Waals surface area contributed by atoms with Gasteiger partial charge in [0.25, 0.3) is 0 Å².